The van der Waals surface area contributed by atoms with Gasteiger partial charge in [0, 0.05) is 11.1 Å². The smallest absolute Gasteiger partial charge is 0.307 e. The lowest BCUT2D eigenvalue weighted by Crippen LogP contribution is -2.16. The van der Waals surface area contributed by atoms with Crippen LogP contribution < -0.4 is 9.47 Å². The Balaban J connectivity index is 2.15. The van der Waals surface area contributed by atoms with Gasteiger partial charge in [-0.3, -0.25) is 9.48 Å². The molecular weight excluding hydrogens is 408 g/mol. The summed E-state index contributed by atoms with van der Waals surface area (Å²) in [5, 5.41) is 24.3. The summed E-state index contributed by atoms with van der Waals surface area (Å²) >= 11 is 0. The Kier molecular flexibility index (Phi) is 7.89. The molecule has 32 heavy (non-hydrogen) atoms. The van der Waals surface area contributed by atoms with E-state index >= 15 is 0 Å². The zero-order chi connectivity index (χ0) is 23.1. The van der Waals surface area contributed by atoms with Gasteiger partial charge < -0.3 is 19.7 Å². The number of carboxylic acids is 1. The number of aliphatic carboxylic acids is 1. The molecule has 0 bridgehead atoms. The van der Waals surface area contributed by atoms with Crippen LogP contribution in [0.3, 0.4) is 0 Å². The summed E-state index contributed by atoms with van der Waals surface area (Å²) in [5.41, 5.74) is 3.69. The van der Waals surface area contributed by atoms with Crippen molar-refractivity contribution < 1.29 is 24.5 Å². The molecule has 0 saturated heterocycles. The monoisotopic (exact) mass is 438 g/mol. The van der Waals surface area contributed by atoms with Crippen LogP contribution in [0.2, 0.25) is 0 Å². The second-order valence-electron chi connectivity index (χ2n) is 7.61. The van der Waals surface area contributed by atoms with E-state index in [-0.39, 0.29) is 6.42 Å². The van der Waals surface area contributed by atoms with E-state index in [4.69, 9.17) is 14.6 Å². The average Bonchev–Trinajstić information content (AvgIpc) is 3.20. The van der Waals surface area contributed by atoms with E-state index in [2.05, 4.69) is 0 Å². The Labute approximate surface area is 188 Å². The lowest BCUT2D eigenvalue weighted by atomic mass is 10.0. The maximum Gasteiger partial charge on any atom is 0.307 e. The second-order valence-corrected chi connectivity index (χ2v) is 7.61. The normalized spacial score (nSPS) is 11.9. The molecule has 0 aliphatic carbocycles. The van der Waals surface area contributed by atoms with E-state index in [0.717, 1.165) is 23.2 Å². The van der Waals surface area contributed by atoms with E-state index in [9.17, 15) is 15.0 Å². The number of hydrogen-bond donors (Lipinski definition) is 2. The molecule has 3 aromatic rings. The lowest BCUT2D eigenvalue weighted by Gasteiger charge is -2.13. The molecule has 0 fully saturated rings. The maximum absolute atomic E-state index is 11.2. The molecule has 0 spiro atoms. The first-order valence-corrected chi connectivity index (χ1v) is 10.8. The van der Waals surface area contributed by atoms with Gasteiger partial charge in [0.2, 0.25) is 0 Å². The topological polar surface area (TPSA) is 93.8 Å². The first kappa shape index (κ1) is 23.3. The largest absolute Gasteiger partial charge is 0.496 e. The highest BCUT2D eigenvalue weighted by molar-refractivity contribution is 5.77. The summed E-state index contributed by atoms with van der Waals surface area (Å²) in [5.74, 6) is 0.450. The fourth-order valence-electron chi connectivity index (χ4n) is 3.49. The number of aromatic nitrogens is 2. The van der Waals surface area contributed by atoms with E-state index in [1.807, 2.05) is 50.2 Å². The summed E-state index contributed by atoms with van der Waals surface area (Å²) in [6.45, 7) is 4.81. The van der Waals surface area contributed by atoms with Crippen LogP contribution >= 0.6 is 0 Å². The highest BCUT2D eigenvalue weighted by Gasteiger charge is 2.19. The van der Waals surface area contributed by atoms with Crippen LogP contribution in [-0.2, 0) is 17.8 Å². The summed E-state index contributed by atoms with van der Waals surface area (Å²) in [4.78, 5) is 11.2. The molecule has 170 valence electrons. The number of aliphatic hydroxyl groups is 1. The van der Waals surface area contributed by atoms with Crippen molar-refractivity contribution in [3.63, 3.8) is 0 Å². The van der Waals surface area contributed by atoms with Crippen LogP contribution in [0, 0.1) is 0 Å². The van der Waals surface area contributed by atoms with E-state index in [1.54, 1.807) is 23.9 Å². The fraction of sp³-hybridized carbons (Fsp3) is 0.360. The van der Waals surface area contributed by atoms with Gasteiger partial charge in [0.05, 0.1) is 44.2 Å². The second kappa shape index (κ2) is 10.8. The molecule has 0 radical (unpaired) electrons. The average molecular weight is 439 g/mol. The quantitative estimate of drug-likeness (QED) is 0.461. The van der Waals surface area contributed by atoms with Crippen LogP contribution in [0.15, 0.2) is 48.5 Å². The van der Waals surface area contributed by atoms with Crippen molar-refractivity contribution in [1.29, 1.82) is 0 Å². The molecule has 0 amide bonds. The van der Waals surface area contributed by atoms with Gasteiger partial charge in [0.15, 0.2) is 0 Å². The van der Waals surface area contributed by atoms with Gasteiger partial charge in [0.25, 0.3) is 0 Å². The van der Waals surface area contributed by atoms with Gasteiger partial charge in [-0.25, -0.2) is 0 Å². The molecule has 1 atom stereocenters. The van der Waals surface area contributed by atoms with Gasteiger partial charge >= 0.3 is 5.97 Å². The van der Waals surface area contributed by atoms with Gasteiger partial charge in [-0.15, -0.1) is 0 Å². The number of carboxylic acid groups (broad SMARTS) is 1. The van der Waals surface area contributed by atoms with Crippen molar-refractivity contribution in [2.24, 2.45) is 0 Å². The number of ether oxygens (including phenoxy) is 2. The fourth-order valence-corrected chi connectivity index (χ4v) is 3.49. The third-order valence-corrected chi connectivity index (χ3v) is 5.15. The van der Waals surface area contributed by atoms with Crippen LogP contribution in [0.4, 0.5) is 0 Å². The zero-order valence-electron chi connectivity index (χ0n) is 18.7. The van der Waals surface area contributed by atoms with Gasteiger partial charge in [0.1, 0.15) is 11.5 Å². The Morgan fingerprint density at radius 2 is 1.88 bits per heavy atom. The Bertz CT molecular complexity index is 1060. The van der Waals surface area contributed by atoms with Crippen LogP contribution in [-0.4, -0.2) is 45.8 Å². The maximum atomic E-state index is 11.2. The summed E-state index contributed by atoms with van der Waals surface area (Å²) in [6, 6.07) is 15.0. The van der Waals surface area contributed by atoms with Gasteiger partial charge in [-0.2, -0.15) is 5.10 Å². The van der Waals surface area contributed by atoms with Crippen molar-refractivity contribution in [2.45, 2.75) is 45.8 Å². The highest BCUT2D eigenvalue weighted by atomic mass is 16.5. The predicted molar refractivity (Wildman–Crippen MR) is 123 cm³/mol. The molecule has 0 unspecified atom stereocenters. The molecule has 7 heteroatoms. The van der Waals surface area contributed by atoms with Crippen molar-refractivity contribution >= 4 is 5.97 Å². The number of nitrogens with zero attached hydrogens (tertiary/aromatic N) is 2. The minimum absolute atomic E-state index is 0.0876. The van der Waals surface area contributed by atoms with Crippen molar-refractivity contribution in [1.82, 2.24) is 9.78 Å². The van der Waals surface area contributed by atoms with Crippen molar-refractivity contribution in [2.75, 3.05) is 13.7 Å². The molecule has 3 rings (SSSR count). The minimum Gasteiger partial charge on any atom is -0.496 e. The van der Waals surface area contributed by atoms with Crippen LogP contribution in [0.1, 0.15) is 32.3 Å². The van der Waals surface area contributed by atoms with Crippen LogP contribution in [0.5, 0.6) is 11.5 Å². The molecule has 0 aliphatic rings. The summed E-state index contributed by atoms with van der Waals surface area (Å²) < 4.78 is 13.3. The van der Waals surface area contributed by atoms with Gasteiger partial charge in [-0.05, 0) is 48.7 Å². The predicted octanol–water partition coefficient (Wildman–Crippen LogP) is 4.41. The number of aliphatic hydroxyl groups excluding tert-OH is 1. The number of carbonyl (C=O) groups is 1. The van der Waals surface area contributed by atoms with E-state index < -0.39 is 12.1 Å². The minimum atomic E-state index is -0.899. The summed E-state index contributed by atoms with van der Waals surface area (Å²) in [6.07, 6.45) is 0.806. The Morgan fingerprint density at radius 3 is 2.56 bits per heavy atom. The molecule has 2 aromatic carbocycles. The molecule has 7 nitrogen and oxygen atoms in total. The van der Waals surface area contributed by atoms with E-state index in [0.29, 0.717) is 42.3 Å². The summed E-state index contributed by atoms with van der Waals surface area (Å²) in [7, 11) is 1.62. The molecule has 0 aliphatic heterocycles. The Morgan fingerprint density at radius 1 is 1.09 bits per heavy atom. The van der Waals surface area contributed by atoms with Crippen LogP contribution in [0.25, 0.3) is 22.5 Å². The zero-order valence-corrected chi connectivity index (χ0v) is 18.7. The van der Waals surface area contributed by atoms with Crippen molar-refractivity contribution in [3.05, 3.63) is 54.1 Å². The number of hydrogen-bond acceptors (Lipinski definition) is 5. The standard InChI is InChI=1S/C25H30N2O5/c1-4-12-32-24-11-10-17(14-25(29)30)13-20(24)21-15-22(27(26-21)16-18(28)5-2)19-8-6-7-9-23(19)31-3/h6-11,13,15,18,28H,4-5,12,14,16H2,1-3H3,(H,29,30)/t18-/m0/s1. The first-order valence-electron chi connectivity index (χ1n) is 10.8. The van der Waals surface area contributed by atoms with E-state index in [1.165, 1.54) is 0 Å². The number of para-hydroxylation sites is 1. The first-order chi connectivity index (χ1) is 15.5. The number of benzene rings is 2. The molecule has 0 saturated carbocycles. The molecule has 1 aromatic heterocycles. The molecule has 2 N–H and O–H groups in total. The lowest BCUT2D eigenvalue weighted by molar-refractivity contribution is -0.136. The third-order valence-electron chi connectivity index (χ3n) is 5.15. The molecular formula is C25H30N2O5. The number of methoxy groups -OCH3 is 1. The highest BCUT2D eigenvalue weighted by Crippen LogP contribution is 2.36. The molecule has 1 heterocycles. The van der Waals surface area contributed by atoms with Crippen molar-refractivity contribution in [3.8, 4) is 34.0 Å². The number of rotatable bonds is 11. The third kappa shape index (κ3) is 5.48. The SMILES string of the molecule is CCCOc1ccc(CC(=O)O)cc1-c1cc(-c2ccccc2OC)n(C[C@@H](O)CC)n1. The van der Waals surface area contributed by atoms with Gasteiger partial charge in [-0.1, -0.05) is 32.0 Å². The Hall–Kier alpha value is -3.32.